The highest BCUT2D eigenvalue weighted by atomic mass is 16.2. The van der Waals surface area contributed by atoms with Gasteiger partial charge in [0.2, 0.25) is 5.91 Å². The summed E-state index contributed by atoms with van der Waals surface area (Å²) in [6.07, 6.45) is 8.78. The molecule has 3 N–H and O–H groups in total. The second-order valence-electron chi connectivity index (χ2n) is 6.33. The Balaban J connectivity index is 1.60. The smallest absolute Gasteiger partial charge is 0.240 e. The Hall–Kier alpha value is -0.610. The summed E-state index contributed by atoms with van der Waals surface area (Å²) in [4.78, 5) is 14.9. The fourth-order valence-corrected chi connectivity index (χ4v) is 3.97. The van der Waals surface area contributed by atoms with Crippen LogP contribution in [0, 0.1) is 0 Å². The maximum Gasteiger partial charge on any atom is 0.240 e. The molecule has 18 heavy (non-hydrogen) atoms. The van der Waals surface area contributed by atoms with E-state index in [1.807, 2.05) is 0 Å². The molecular formula is C14H25N3O. The highest BCUT2D eigenvalue weighted by molar-refractivity contribution is 5.86. The van der Waals surface area contributed by atoms with Gasteiger partial charge in [-0.05, 0) is 38.6 Å². The monoisotopic (exact) mass is 251 g/mol. The maximum atomic E-state index is 12.4. The molecule has 2 heterocycles. The van der Waals surface area contributed by atoms with Gasteiger partial charge in [0.25, 0.3) is 0 Å². The lowest BCUT2D eigenvalue weighted by Gasteiger charge is -2.34. The van der Waals surface area contributed by atoms with Crippen LogP contribution < -0.4 is 11.1 Å². The molecule has 4 heteroatoms. The van der Waals surface area contributed by atoms with Crippen LogP contribution in [0.2, 0.25) is 0 Å². The normalized spacial score (nSPS) is 35.4. The Labute approximate surface area is 109 Å². The van der Waals surface area contributed by atoms with Crippen LogP contribution in [0.4, 0.5) is 0 Å². The molecule has 0 radical (unpaired) electrons. The Morgan fingerprint density at radius 2 is 1.89 bits per heavy atom. The van der Waals surface area contributed by atoms with Gasteiger partial charge in [0.05, 0.1) is 5.54 Å². The number of nitrogens with one attached hydrogen (secondary N) is 1. The van der Waals surface area contributed by atoms with E-state index in [-0.39, 0.29) is 5.91 Å². The maximum absolute atomic E-state index is 12.4. The lowest BCUT2D eigenvalue weighted by molar-refractivity contribution is -0.128. The second kappa shape index (κ2) is 4.82. The first-order valence-electron chi connectivity index (χ1n) is 7.53. The first kappa shape index (κ1) is 12.4. The number of fused-ring (bicyclic) bond motifs is 1. The van der Waals surface area contributed by atoms with Crippen molar-refractivity contribution < 1.29 is 4.79 Å². The molecule has 0 aromatic rings. The summed E-state index contributed by atoms with van der Waals surface area (Å²) in [7, 11) is 0. The zero-order chi connectivity index (χ0) is 12.6. The van der Waals surface area contributed by atoms with Gasteiger partial charge in [-0.2, -0.15) is 0 Å². The van der Waals surface area contributed by atoms with Crippen molar-refractivity contribution in [2.75, 3.05) is 13.1 Å². The van der Waals surface area contributed by atoms with Gasteiger partial charge in [0.15, 0.2) is 0 Å². The number of nitrogens with zero attached hydrogens (tertiary/aromatic N) is 1. The minimum absolute atomic E-state index is 0.112. The molecule has 0 aromatic heterocycles. The number of nitrogens with two attached hydrogens (primary N) is 1. The summed E-state index contributed by atoms with van der Waals surface area (Å²) in [5.74, 6) is 0.112. The minimum Gasteiger partial charge on any atom is -0.350 e. The van der Waals surface area contributed by atoms with E-state index in [4.69, 9.17) is 5.73 Å². The summed E-state index contributed by atoms with van der Waals surface area (Å²) in [5.41, 5.74) is 5.71. The molecule has 0 spiro atoms. The van der Waals surface area contributed by atoms with E-state index in [2.05, 4.69) is 10.2 Å². The number of hydrogen-bond donors (Lipinski definition) is 2. The van der Waals surface area contributed by atoms with Crippen LogP contribution in [0.25, 0.3) is 0 Å². The minimum atomic E-state index is -0.579. The Kier molecular flexibility index (Phi) is 3.32. The van der Waals surface area contributed by atoms with E-state index >= 15 is 0 Å². The summed E-state index contributed by atoms with van der Waals surface area (Å²) in [6, 6.07) is 0.934. The Morgan fingerprint density at radius 1 is 1.11 bits per heavy atom. The van der Waals surface area contributed by atoms with Crippen molar-refractivity contribution in [1.29, 1.82) is 0 Å². The number of carbonyl (C=O) groups is 1. The fourth-order valence-electron chi connectivity index (χ4n) is 3.97. The third-order valence-electron chi connectivity index (χ3n) is 5.12. The average molecular weight is 251 g/mol. The molecule has 3 aliphatic rings. The van der Waals surface area contributed by atoms with Crippen molar-refractivity contribution in [3.63, 3.8) is 0 Å². The third-order valence-corrected chi connectivity index (χ3v) is 5.12. The van der Waals surface area contributed by atoms with Gasteiger partial charge in [-0.15, -0.1) is 0 Å². The first-order chi connectivity index (χ1) is 8.69. The van der Waals surface area contributed by atoms with Crippen molar-refractivity contribution in [2.45, 2.75) is 69.0 Å². The molecule has 1 amide bonds. The molecule has 2 saturated heterocycles. The molecule has 0 bridgehead atoms. The number of amides is 1. The molecule has 3 rings (SSSR count). The standard InChI is InChI=1S/C14H25N3O/c15-14(7-2-1-3-8-14)13(18)16-11-6-10-17-9-4-5-12(11)17/h11-12H,1-10,15H2,(H,16,18). The van der Waals surface area contributed by atoms with Crippen LogP contribution in [-0.2, 0) is 4.79 Å². The lowest BCUT2D eigenvalue weighted by atomic mass is 9.81. The van der Waals surface area contributed by atoms with Crippen LogP contribution in [0.3, 0.4) is 0 Å². The van der Waals surface area contributed by atoms with Crippen LogP contribution in [0.5, 0.6) is 0 Å². The van der Waals surface area contributed by atoms with Gasteiger partial charge in [0, 0.05) is 18.6 Å². The van der Waals surface area contributed by atoms with Crippen LogP contribution in [0.1, 0.15) is 51.4 Å². The molecule has 102 valence electrons. The topological polar surface area (TPSA) is 58.4 Å². The van der Waals surface area contributed by atoms with Crippen molar-refractivity contribution in [1.82, 2.24) is 10.2 Å². The van der Waals surface area contributed by atoms with Crippen molar-refractivity contribution in [2.24, 2.45) is 5.73 Å². The summed E-state index contributed by atoms with van der Waals surface area (Å²) in [6.45, 7) is 2.36. The molecule has 3 fully saturated rings. The van der Waals surface area contributed by atoms with Gasteiger partial charge in [0.1, 0.15) is 0 Å². The highest BCUT2D eigenvalue weighted by Crippen LogP contribution is 2.30. The van der Waals surface area contributed by atoms with Crippen molar-refractivity contribution in [3.8, 4) is 0 Å². The number of carbonyl (C=O) groups excluding carboxylic acids is 1. The largest absolute Gasteiger partial charge is 0.350 e. The zero-order valence-corrected chi connectivity index (χ0v) is 11.2. The van der Waals surface area contributed by atoms with E-state index in [1.165, 1.54) is 25.8 Å². The van der Waals surface area contributed by atoms with Crippen LogP contribution in [0.15, 0.2) is 0 Å². The number of rotatable bonds is 2. The first-order valence-corrected chi connectivity index (χ1v) is 7.53. The van der Waals surface area contributed by atoms with Crippen molar-refractivity contribution >= 4 is 5.91 Å². The van der Waals surface area contributed by atoms with E-state index < -0.39 is 5.54 Å². The molecule has 2 unspecified atom stereocenters. The van der Waals surface area contributed by atoms with E-state index in [0.717, 1.165) is 38.6 Å². The van der Waals surface area contributed by atoms with Gasteiger partial charge in [-0.3, -0.25) is 9.69 Å². The quantitative estimate of drug-likeness (QED) is 0.770. The summed E-state index contributed by atoms with van der Waals surface area (Å²) in [5, 5.41) is 3.25. The molecule has 0 aromatic carbocycles. The lowest BCUT2D eigenvalue weighted by Crippen LogP contribution is -2.58. The van der Waals surface area contributed by atoms with E-state index in [0.29, 0.717) is 12.1 Å². The van der Waals surface area contributed by atoms with E-state index in [9.17, 15) is 4.79 Å². The van der Waals surface area contributed by atoms with Gasteiger partial charge >= 0.3 is 0 Å². The Morgan fingerprint density at radius 3 is 2.67 bits per heavy atom. The van der Waals surface area contributed by atoms with Gasteiger partial charge in [-0.1, -0.05) is 19.3 Å². The summed E-state index contributed by atoms with van der Waals surface area (Å²) >= 11 is 0. The predicted molar refractivity (Wildman–Crippen MR) is 71.1 cm³/mol. The zero-order valence-electron chi connectivity index (χ0n) is 11.2. The van der Waals surface area contributed by atoms with Gasteiger partial charge < -0.3 is 11.1 Å². The summed E-state index contributed by atoms with van der Waals surface area (Å²) < 4.78 is 0. The third kappa shape index (κ3) is 2.16. The average Bonchev–Trinajstić information content (AvgIpc) is 2.95. The van der Waals surface area contributed by atoms with Crippen LogP contribution >= 0.6 is 0 Å². The highest BCUT2D eigenvalue weighted by Gasteiger charge is 2.41. The fraction of sp³-hybridized carbons (Fsp3) is 0.929. The molecule has 2 aliphatic heterocycles. The van der Waals surface area contributed by atoms with Crippen molar-refractivity contribution in [3.05, 3.63) is 0 Å². The molecule has 2 atom stereocenters. The SMILES string of the molecule is NC1(C(=O)NC2CCN3CCCC23)CCCCC1. The predicted octanol–water partition coefficient (Wildman–Crippen LogP) is 1.00. The molecule has 1 aliphatic carbocycles. The van der Waals surface area contributed by atoms with E-state index in [1.54, 1.807) is 0 Å². The second-order valence-corrected chi connectivity index (χ2v) is 6.33. The van der Waals surface area contributed by atoms with Gasteiger partial charge in [-0.25, -0.2) is 0 Å². The molecule has 4 nitrogen and oxygen atoms in total. The van der Waals surface area contributed by atoms with Crippen LogP contribution in [-0.4, -0.2) is 41.5 Å². The number of hydrogen-bond acceptors (Lipinski definition) is 3. The Bertz CT molecular complexity index is 325. The molecule has 1 saturated carbocycles. The molecular weight excluding hydrogens is 226 g/mol.